The zero-order valence-corrected chi connectivity index (χ0v) is 29.6. The molecule has 0 spiro atoms. The van der Waals surface area contributed by atoms with Crippen molar-refractivity contribution in [2.75, 3.05) is 6.54 Å². The number of allylic oxidation sites excluding steroid dienone is 9. The van der Waals surface area contributed by atoms with Crippen molar-refractivity contribution in [2.24, 2.45) is 5.41 Å². The molecule has 1 aliphatic carbocycles. The summed E-state index contributed by atoms with van der Waals surface area (Å²) in [4.78, 5) is 15.7. The second-order valence-corrected chi connectivity index (χ2v) is 14.1. The van der Waals surface area contributed by atoms with Gasteiger partial charge >= 0.3 is 5.97 Å². The monoisotopic (exact) mass is 607 g/mol. The summed E-state index contributed by atoms with van der Waals surface area (Å²) >= 11 is 0. The predicted molar refractivity (Wildman–Crippen MR) is 193 cm³/mol. The van der Waals surface area contributed by atoms with E-state index in [4.69, 9.17) is 4.74 Å². The van der Waals surface area contributed by atoms with Crippen LogP contribution in [-0.2, 0) is 4.79 Å². The molecule has 0 bridgehead atoms. The molecule has 3 nitrogen and oxygen atoms in total. The van der Waals surface area contributed by atoms with E-state index in [0.717, 1.165) is 29.7 Å². The highest BCUT2D eigenvalue weighted by Gasteiger charge is 2.26. The van der Waals surface area contributed by atoms with Crippen molar-refractivity contribution in [1.82, 2.24) is 4.90 Å². The summed E-state index contributed by atoms with van der Waals surface area (Å²) in [5.74, 6) is 0.380. The Bertz CT molecular complexity index is 1420. The van der Waals surface area contributed by atoms with Gasteiger partial charge in [-0.25, -0.2) is 4.79 Å². The van der Waals surface area contributed by atoms with Crippen molar-refractivity contribution in [2.45, 2.75) is 113 Å². The van der Waals surface area contributed by atoms with Gasteiger partial charge in [0.2, 0.25) is 0 Å². The van der Waals surface area contributed by atoms with Crippen LogP contribution in [-0.4, -0.2) is 29.5 Å². The maximum Gasteiger partial charge on any atom is 0.336 e. The SMILES string of the molecule is CC(C=CC1=C(C)CCCC1(C)C)=CC=CC(C)=CC(=O)Oc1ccc(C)cc1[C@H](CCN(C(C)C)C(C)C)c1ccccc1. The summed E-state index contributed by atoms with van der Waals surface area (Å²) in [5, 5.41) is 0. The zero-order valence-electron chi connectivity index (χ0n) is 29.6. The van der Waals surface area contributed by atoms with Crippen LogP contribution in [0.2, 0.25) is 0 Å². The van der Waals surface area contributed by atoms with E-state index in [1.807, 2.05) is 31.2 Å². The Morgan fingerprint density at radius 3 is 2.29 bits per heavy atom. The molecule has 0 aliphatic heterocycles. The first kappa shape index (κ1) is 36.0. The van der Waals surface area contributed by atoms with Crippen LogP contribution in [0.4, 0.5) is 0 Å². The van der Waals surface area contributed by atoms with Crippen LogP contribution in [0, 0.1) is 12.3 Å². The average Bonchev–Trinajstić information content (AvgIpc) is 2.95. The first-order valence-corrected chi connectivity index (χ1v) is 16.8. The van der Waals surface area contributed by atoms with Gasteiger partial charge in [-0.1, -0.05) is 103 Å². The van der Waals surface area contributed by atoms with Crippen molar-refractivity contribution in [3.05, 3.63) is 124 Å². The molecule has 0 saturated heterocycles. The van der Waals surface area contributed by atoms with Crippen LogP contribution in [0.5, 0.6) is 5.75 Å². The van der Waals surface area contributed by atoms with E-state index in [1.165, 1.54) is 41.5 Å². The number of ether oxygens (including phenoxy) is 1. The molecule has 3 heteroatoms. The van der Waals surface area contributed by atoms with Gasteiger partial charge in [0.1, 0.15) is 5.75 Å². The fraction of sp³-hybridized carbons (Fsp3) is 0.452. The number of benzene rings is 2. The standard InChI is InChI=1S/C42H57NO2/c1-30(2)43(31(3)4)27-25-37(36-19-12-11-13-20-36)38-28-34(7)22-24-40(38)45-41(44)29-33(6)17-14-16-32(5)21-23-39-35(8)18-15-26-42(39,9)10/h11-14,16-17,19-24,28-31,37H,15,18,25-27H2,1-10H3/t37-/m1/s1. The summed E-state index contributed by atoms with van der Waals surface area (Å²) < 4.78 is 6.04. The van der Waals surface area contributed by atoms with Crippen molar-refractivity contribution in [3.63, 3.8) is 0 Å². The third-order valence-corrected chi connectivity index (χ3v) is 9.07. The molecule has 0 N–H and O–H groups in total. The van der Waals surface area contributed by atoms with Crippen molar-refractivity contribution < 1.29 is 9.53 Å². The Balaban J connectivity index is 1.77. The number of carbonyl (C=O) groups excluding carboxylic acids is 1. The number of hydrogen-bond acceptors (Lipinski definition) is 3. The number of rotatable bonds is 13. The first-order chi connectivity index (χ1) is 21.3. The minimum absolute atomic E-state index is 0.110. The molecule has 0 fully saturated rings. The topological polar surface area (TPSA) is 29.5 Å². The highest BCUT2D eigenvalue weighted by Crippen LogP contribution is 2.41. The second kappa shape index (κ2) is 16.8. The van der Waals surface area contributed by atoms with Crippen molar-refractivity contribution in [1.29, 1.82) is 0 Å². The summed E-state index contributed by atoms with van der Waals surface area (Å²) in [6, 6.07) is 17.7. The quantitative estimate of drug-likeness (QED) is 0.0982. The molecule has 3 rings (SSSR count). The minimum atomic E-state index is -0.359. The summed E-state index contributed by atoms with van der Waals surface area (Å²) in [7, 11) is 0. The largest absolute Gasteiger partial charge is 0.423 e. The van der Waals surface area contributed by atoms with E-state index in [2.05, 4.69) is 122 Å². The van der Waals surface area contributed by atoms with Gasteiger partial charge in [0, 0.05) is 29.6 Å². The lowest BCUT2D eigenvalue weighted by molar-refractivity contribution is -0.129. The molecular formula is C42H57NO2. The van der Waals surface area contributed by atoms with Gasteiger partial charge in [-0.2, -0.15) is 0 Å². The lowest BCUT2D eigenvalue weighted by atomic mass is 9.72. The molecule has 0 unspecified atom stereocenters. The molecule has 0 radical (unpaired) electrons. The van der Waals surface area contributed by atoms with E-state index in [-0.39, 0.29) is 17.3 Å². The third-order valence-electron chi connectivity index (χ3n) is 9.07. The van der Waals surface area contributed by atoms with E-state index in [1.54, 1.807) is 6.08 Å². The van der Waals surface area contributed by atoms with Crippen LogP contribution < -0.4 is 4.74 Å². The highest BCUT2D eigenvalue weighted by molar-refractivity contribution is 5.85. The van der Waals surface area contributed by atoms with Gasteiger partial charge in [0.05, 0.1) is 0 Å². The maximum atomic E-state index is 13.2. The van der Waals surface area contributed by atoms with Crippen LogP contribution in [0.1, 0.15) is 111 Å². The van der Waals surface area contributed by atoms with Crippen LogP contribution in [0.3, 0.4) is 0 Å². The lowest BCUT2D eigenvalue weighted by Crippen LogP contribution is -2.38. The van der Waals surface area contributed by atoms with Gasteiger partial charge in [-0.3, -0.25) is 4.90 Å². The van der Waals surface area contributed by atoms with E-state index >= 15 is 0 Å². The Hall–Kier alpha value is -3.43. The fourth-order valence-electron chi connectivity index (χ4n) is 6.62. The van der Waals surface area contributed by atoms with E-state index in [9.17, 15) is 4.79 Å². The van der Waals surface area contributed by atoms with Gasteiger partial charge in [-0.15, -0.1) is 0 Å². The van der Waals surface area contributed by atoms with Crippen LogP contribution in [0.15, 0.2) is 107 Å². The first-order valence-electron chi connectivity index (χ1n) is 16.8. The number of carbonyl (C=O) groups is 1. The summed E-state index contributed by atoms with van der Waals surface area (Å²) in [5.41, 5.74) is 8.66. The van der Waals surface area contributed by atoms with Gasteiger partial charge < -0.3 is 4.74 Å². The van der Waals surface area contributed by atoms with E-state index < -0.39 is 0 Å². The summed E-state index contributed by atoms with van der Waals surface area (Å²) in [6.07, 6.45) is 16.8. The van der Waals surface area contributed by atoms with Gasteiger partial charge in [-0.05, 0) is 116 Å². The molecule has 0 saturated carbocycles. The molecular weight excluding hydrogens is 550 g/mol. The average molecular weight is 608 g/mol. The Labute approximate surface area is 274 Å². The van der Waals surface area contributed by atoms with Crippen LogP contribution in [0.25, 0.3) is 0 Å². The number of aryl methyl sites for hydroxylation is 1. The Morgan fingerprint density at radius 1 is 0.956 bits per heavy atom. The molecule has 1 atom stereocenters. The Morgan fingerprint density at radius 2 is 1.64 bits per heavy atom. The lowest BCUT2D eigenvalue weighted by Gasteiger charge is -2.32. The molecule has 45 heavy (non-hydrogen) atoms. The normalized spacial score (nSPS) is 16.9. The van der Waals surface area contributed by atoms with E-state index in [0.29, 0.717) is 17.8 Å². The molecule has 242 valence electrons. The molecule has 2 aromatic carbocycles. The second-order valence-electron chi connectivity index (χ2n) is 14.1. The van der Waals surface area contributed by atoms with Gasteiger partial charge in [0.15, 0.2) is 0 Å². The predicted octanol–water partition coefficient (Wildman–Crippen LogP) is 11.1. The van der Waals surface area contributed by atoms with Crippen molar-refractivity contribution >= 4 is 5.97 Å². The number of hydrogen-bond donors (Lipinski definition) is 0. The molecule has 1 aliphatic rings. The minimum Gasteiger partial charge on any atom is -0.423 e. The molecule has 0 amide bonds. The summed E-state index contributed by atoms with van der Waals surface area (Å²) in [6.45, 7) is 23.1. The maximum absolute atomic E-state index is 13.2. The highest BCUT2D eigenvalue weighted by atomic mass is 16.5. The van der Waals surface area contributed by atoms with Crippen molar-refractivity contribution in [3.8, 4) is 5.75 Å². The molecule has 2 aromatic rings. The fourth-order valence-corrected chi connectivity index (χ4v) is 6.62. The Kier molecular flexibility index (Phi) is 13.4. The molecule has 0 heterocycles. The third kappa shape index (κ3) is 10.9. The number of nitrogens with zero attached hydrogens (tertiary/aromatic N) is 1. The number of esters is 1. The zero-order chi connectivity index (χ0) is 33.1. The van der Waals surface area contributed by atoms with Gasteiger partial charge in [0.25, 0.3) is 0 Å². The smallest absolute Gasteiger partial charge is 0.336 e. The molecule has 0 aromatic heterocycles. The van der Waals surface area contributed by atoms with Crippen LogP contribution >= 0.6 is 0 Å².